The Morgan fingerprint density at radius 3 is 2.73 bits per heavy atom. The quantitative estimate of drug-likeness (QED) is 0.869. The molecule has 6 heteroatoms. The number of nitrogens with zero attached hydrogens (tertiary/aromatic N) is 3. The van der Waals surface area contributed by atoms with Crippen molar-refractivity contribution in [2.75, 3.05) is 26.7 Å². The Hall–Kier alpha value is -1.95. The molecule has 1 aromatic rings. The molecule has 0 unspecified atom stereocenters. The Balaban J connectivity index is 1.62. The van der Waals surface area contributed by atoms with Crippen molar-refractivity contribution < 1.29 is 9.59 Å². The van der Waals surface area contributed by atoms with Gasteiger partial charge in [-0.25, -0.2) is 0 Å². The Bertz CT molecular complexity index is 672. The summed E-state index contributed by atoms with van der Waals surface area (Å²) in [6.45, 7) is 6.13. The number of aryl methyl sites for hydroxylation is 2. The zero-order chi connectivity index (χ0) is 18.7. The van der Waals surface area contributed by atoms with Crippen LogP contribution in [0, 0.1) is 0 Å². The minimum Gasteiger partial charge on any atom is -0.348 e. The Morgan fingerprint density at radius 1 is 1.27 bits per heavy atom. The number of aromatic nitrogens is 1. The molecule has 2 amide bonds. The van der Waals surface area contributed by atoms with Crippen molar-refractivity contribution in [3.63, 3.8) is 0 Å². The fourth-order valence-corrected chi connectivity index (χ4v) is 4.12. The fraction of sp³-hybridized carbons (Fsp3) is 0.650. The molecule has 0 bridgehead atoms. The topological polar surface area (TPSA) is 65.5 Å². The van der Waals surface area contributed by atoms with Crippen molar-refractivity contribution in [1.82, 2.24) is 20.1 Å². The first-order chi connectivity index (χ1) is 12.5. The van der Waals surface area contributed by atoms with Crippen LogP contribution in [0.1, 0.15) is 54.7 Å². The standard InChI is InChI=1S/C20H30N4O2/c1-4-24(5-2)20(26)18-11-16(13-23(18)3)22-19(25)15-10-14-8-6-7-9-17(14)21-12-15/h10,12,16,18H,4-9,11,13H2,1-3H3,(H,22,25)/t16-,18+/m1/s1. The van der Waals surface area contributed by atoms with E-state index in [9.17, 15) is 9.59 Å². The van der Waals surface area contributed by atoms with Crippen LogP contribution in [-0.2, 0) is 17.6 Å². The second-order valence-corrected chi connectivity index (χ2v) is 7.41. The highest BCUT2D eigenvalue weighted by Crippen LogP contribution is 2.21. The monoisotopic (exact) mass is 358 g/mol. The molecule has 1 saturated heterocycles. The van der Waals surface area contributed by atoms with E-state index in [4.69, 9.17) is 0 Å². The molecule has 142 valence electrons. The fourth-order valence-electron chi connectivity index (χ4n) is 4.12. The molecule has 2 aliphatic rings. The van der Waals surface area contributed by atoms with Crippen molar-refractivity contribution in [2.24, 2.45) is 0 Å². The van der Waals surface area contributed by atoms with Gasteiger partial charge in [-0.15, -0.1) is 0 Å². The molecular formula is C20H30N4O2. The number of carbonyl (C=O) groups excluding carboxylic acids is 2. The number of hydrogen-bond acceptors (Lipinski definition) is 4. The lowest BCUT2D eigenvalue weighted by Gasteiger charge is -2.26. The smallest absolute Gasteiger partial charge is 0.253 e. The molecule has 0 radical (unpaired) electrons. The van der Waals surface area contributed by atoms with Gasteiger partial charge in [-0.2, -0.15) is 0 Å². The normalized spacial score (nSPS) is 22.7. The molecule has 1 aromatic heterocycles. The number of hydrogen-bond donors (Lipinski definition) is 1. The maximum absolute atomic E-state index is 12.7. The van der Waals surface area contributed by atoms with E-state index in [-0.39, 0.29) is 23.9 Å². The summed E-state index contributed by atoms with van der Waals surface area (Å²) in [5.41, 5.74) is 2.98. The summed E-state index contributed by atoms with van der Waals surface area (Å²) in [5, 5.41) is 3.10. The maximum atomic E-state index is 12.7. The van der Waals surface area contributed by atoms with Crippen LogP contribution in [0.15, 0.2) is 12.3 Å². The summed E-state index contributed by atoms with van der Waals surface area (Å²) in [6.07, 6.45) is 6.73. The van der Waals surface area contributed by atoms with Crippen LogP contribution in [0.25, 0.3) is 0 Å². The highest BCUT2D eigenvalue weighted by molar-refractivity contribution is 5.94. The molecule has 0 saturated carbocycles. The Kier molecular flexibility index (Phi) is 5.91. The van der Waals surface area contributed by atoms with Crippen molar-refractivity contribution >= 4 is 11.8 Å². The van der Waals surface area contributed by atoms with Gasteiger partial charge in [-0.1, -0.05) is 0 Å². The molecular weight excluding hydrogens is 328 g/mol. The minimum atomic E-state index is -0.151. The molecule has 0 aromatic carbocycles. The molecule has 3 rings (SSSR count). The molecule has 6 nitrogen and oxygen atoms in total. The molecule has 1 N–H and O–H groups in total. The zero-order valence-corrected chi connectivity index (χ0v) is 16.1. The summed E-state index contributed by atoms with van der Waals surface area (Å²) in [4.78, 5) is 33.7. The number of fused-ring (bicyclic) bond motifs is 1. The van der Waals surface area contributed by atoms with Crippen LogP contribution in [0.5, 0.6) is 0 Å². The van der Waals surface area contributed by atoms with Crippen molar-refractivity contribution in [3.05, 3.63) is 29.1 Å². The van der Waals surface area contributed by atoms with Crippen LogP contribution >= 0.6 is 0 Å². The number of nitrogens with one attached hydrogen (secondary N) is 1. The van der Waals surface area contributed by atoms with Gasteiger partial charge in [0.05, 0.1) is 11.6 Å². The van der Waals surface area contributed by atoms with E-state index in [1.54, 1.807) is 6.20 Å². The molecule has 0 spiro atoms. The average Bonchev–Trinajstić information content (AvgIpc) is 3.02. The summed E-state index contributed by atoms with van der Waals surface area (Å²) in [5.74, 6) is 0.0740. The predicted octanol–water partition coefficient (Wildman–Crippen LogP) is 1.63. The van der Waals surface area contributed by atoms with E-state index in [1.807, 2.05) is 31.9 Å². The van der Waals surface area contributed by atoms with E-state index >= 15 is 0 Å². The first-order valence-electron chi connectivity index (χ1n) is 9.81. The van der Waals surface area contributed by atoms with Crippen molar-refractivity contribution in [1.29, 1.82) is 0 Å². The molecule has 2 heterocycles. The first-order valence-corrected chi connectivity index (χ1v) is 9.81. The van der Waals surface area contributed by atoms with Gasteiger partial charge >= 0.3 is 0 Å². The van der Waals surface area contributed by atoms with Crippen LogP contribution < -0.4 is 5.32 Å². The average molecular weight is 358 g/mol. The largest absolute Gasteiger partial charge is 0.348 e. The number of amides is 2. The predicted molar refractivity (Wildman–Crippen MR) is 101 cm³/mol. The third kappa shape index (κ3) is 3.90. The number of pyridine rings is 1. The van der Waals surface area contributed by atoms with E-state index in [0.717, 1.165) is 31.6 Å². The van der Waals surface area contributed by atoms with Gasteiger partial charge in [0.1, 0.15) is 0 Å². The highest BCUT2D eigenvalue weighted by Gasteiger charge is 2.36. The third-order valence-electron chi connectivity index (χ3n) is 5.68. The van der Waals surface area contributed by atoms with Gasteiger partial charge < -0.3 is 10.2 Å². The lowest BCUT2D eigenvalue weighted by atomic mass is 9.95. The van der Waals surface area contributed by atoms with Crippen LogP contribution in [0.2, 0.25) is 0 Å². The molecule has 1 fully saturated rings. The Morgan fingerprint density at radius 2 is 2.00 bits per heavy atom. The third-order valence-corrected chi connectivity index (χ3v) is 5.68. The maximum Gasteiger partial charge on any atom is 0.253 e. The number of carbonyl (C=O) groups is 2. The van der Waals surface area contributed by atoms with Gasteiger partial charge in [0.15, 0.2) is 0 Å². The van der Waals surface area contributed by atoms with Crippen molar-refractivity contribution in [2.45, 2.75) is 58.0 Å². The van der Waals surface area contributed by atoms with Gasteiger partial charge in [-0.3, -0.25) is 19.5 Å². The zero-order valence-electron chi connectivity index (χ0n) is 16.1. The second kappa shape index (κ2) is 8.16. The van der Waals surface area contributed by atoms with Gasteiger partial charge in [0.2, 0.25) is 5.91 Å². The van der Waals surface area contributed by atoms with Gasteiger partial charge in [0.25, 0.3) is 5.91 Å². The number of likely N-dealkylation sites (N-methyl/N-ethyl adjacent to an activating group) is 2. The summed E-state index contributed by atoms with van der Waals surface area (Å²) >= 11 is 0. The Labute approximate surface area is 156 Å². The molecule has 1 aliphatic heterocycles. The van der Waals surface area contributed by atoms with Crippen LogP contribution in [-0.4, -0.2) is 65.4 Å². The van der Waals surface area contributed by atoms with E-state index < -0.39 is 0 Å². The van der Waals surface area contributed by atoms with E-state index in [1.165, 1.54) is 18.4 Å². The second-order valence-electron chi connectivity index (χ2n) is 7.41. The number of likely N-dealkylation sites (tertiary alicyclic amines) is 1. The molecule has 26 heavy (non-hydrogen) atoms. The summed E-state index contributed by atoms with van der Waals surface area (Å²) < 4.78 is 0. The lowest BCUT2D eigenvalue weighted by Crippen LogP contribution is -2.44. The minimum absolute atomic E-state index is 0.00644. The van der Waals surface area contributed by atoms with Gasteiger partial charge in [0, 0.05) is 37.6 Å². The molecule has 2 atom stereocenters. The van der Waals surface area contributed by atoms with E-state index in [2.05, 4.69) is 15.2 Å². The van der Waals surface area contributed by atoms with E-state index in [0.29, 0.717) is 18.5 Å². The van der Waals surface area contributed by atoms with Crippen LogP contribution in [0.4, 0.5) is 0 Å². The first kappa shape index (κ1) is 18.8. The lowest BCUT2D eigenvalue weighted by molar-refractivity contribution is -0.135. The van der Waals surface area contributed by atoms with Gasteiger partial charge in [-0.05, 0) is 64.6 Å². The summed E-state index contributed by atoms with van der Waals surface area (Å²) in [6, 6.07) is 1.84. The van der Waals surface area contributed by atoms with Crippen LogP contribution in [0.3, 0.4) is 0 Å². The number of rotatable bonds is 5. The highest BCUT2D eigenvalue weighted by atomic mass is 16.2. The summed E-state index contributed by atoms with van der Waals surface area (Å²) in [7, 11) is 1.96. The van der Waals surface area contributed by atoms with Crippen molar-refractivity contribution in [3.8, 4) is 0 Å². The SMILES string of the molecule is CCN(CC)C(=O)[C@@H]1C[C@@H](NC(=O)c2cnc3c(c2)CCCC3)CN1C. The molecule has 1 aliphatic carbocycles.